The molecule has 0 spiro atoms. The number of methoxy groups -OCH3 is 1. The summed E-state index contributed by atoms with van der Waals surface area (Å²) in [7, 11) is 1.62. The van der Waals surface area contributed by atoms with E-state index in [-0.39, 0.29) is 6.10 Å². The largest absolute Gasteiger partial charge is 0.494 e. The predicted octanol–water partition coefficient (Wildman–Crippen LogP) is 2.93. The van der Waals surface area contributed by atoms with Crippen molar-refractivity contribution in [3.63, 3.8) is 0 Å². The summed E-state index contributed by atoms with van der Waals surface area (Å²) in [5, 5.41) is 10.1. The Hall–Kier alpha value is -1.06. The Kier molecular flexibility index (Phi) is 6.01. The first-order valence-corrected chi connectivity index (χ1v) is 6.16. The van der Waals surface area contributed by atoms with Crippen molar-refractivity contribution < 1.29 is 14.6 Å². The highest BCUT2D eigenvalue weighted by Crippen LogP contribution is 2.23. The van der Waals surface area contributed by atoms with Gasteiger partial charge in [0.05, 0.1) is 12.7 Å². The molecule has 1 rings (SSSR count). The van der Waals surface area contributed by atoms with Gasteiger partial charge in [0.15, 0.2) is 0 Å². The molecule has 1 N–H and O–H groups in total. The molecule has 17 heavy (non-hydrogen) atoms. The second-order valence-corrected chi connectivity index (χ2v) is 4.04. The van der Waals surface area contributed by atoms with E-state index < -0.39 is 6.10 Å². The van der Waals surface area contributed by atoms with Gasteiger partial charge in [0, 0.05) is 7.11 Å². The van der Waals surface area contributed by atoms with Crippen LogP contribution in [0, 0.1) is 0 Å². The number of ether oxygens (including phenoxy) is 2. The molecule has 0 heterocycles. The molecule has 0 aliphatic rings. The van der Waals surface area contributed by atoms with Crippen molar-refractivity contribution in [1.82, 2.24) is 0 Å². The fourth-order valence-electron chi connectivity index (χ4n) is 1.71. The number of aliphatic hydroxyl groups excluding tert-OH is 1. The summed E-state index contributed by atoms with van der Waals surface area (Å²) in [6.45, 7) is 4.79. The summed E-state index contributed by atoms with van der Waals surface area (Å²) in [6.07, 6.45) is 1.04. The highest BCUT2D eigenvalue weighted by atomic mass is 16.5. The fraction of sp³-hybridized carbons (Fsp3) is 0.571. The third-order valence-electron chi connectivity index (χ3n) is 2.75. The third-order valence-corrected chi connectivity index (χ3v) is 2.75. The van der Waals surface area contributed by atoms with Crippen LogP contribution in [0.1, 0.15) is 38.4 Å². The number of benzene rings is 1. The van der Waals surface area contributed by atoms with Crippen molar-refractivity contribution in [1.29, 1.82) is 0 Å². The van der Waals surface area contributed by atoms with Gasteiger partial charge in [-0.3, -0.25) is 0 Å². The topological polar surface area (TPSA) is 38.7 Å². The molecule has 2 atom stereocenters. The van der Waals surface area contributed by atoms with E-state index in [4.69, 9.17) is 9.47 Å². The van der Waals surface area contributed by atoms with Crippen LogP contribution >= 0.6 is 0 Å². The molecule has 0 fully saturated rings. The predicted molar refractivity (Wildman–Crippen MR) is 68.3 cm³/mol. The Morgan fingerprint density at radius 2 is 1.82 bits per heavy atom. The van der Waals surface area contributed by atoms with Crippen LogP contribution in [0.3, 0.4) is 0 Å². The number of aliphatic hydroxyl groups is 1. The lowest BCUT2D eigenvalue weighted by molar-refractivity contribution is -0.0148. The molecule has 0 amide bonds. The van der Waals surface area contributed by atoms with E-state index in [1.807, 2.05) is 31.2 Å². The van der Waals surface area contributed by atoms with Gasteiger partial charge in [0.2, 0.25) is 0 Å². The zero-order valence-corrected chi connectivity index (χ0v) is 10.8. The molecule has 2 unspecified atom stereocenters. The van der Waals surface area contributed by atoms with E-state index in [2.05, 4.69) is 6.92 Å². The Labute approximate surface area is 103 Å². The van der Waals surface area contributed by atoms with E-state index in [0.29, 0.717) is 0 Å². The van der Waals surface area contributed by atoms with Crippen molar-refractivity contribution in [2.45, 2.75) is 38.9 Å². The molecule has 1 aromatic carbocycles. The summed E-state index contributed by atoms with van der Waals surface area (Å²) < 4.78 is 10.7. The van der Waals surface area contributed by atoms with Gasteiger partial charge < -0.3 is 14.6 Å². The van der Waals surface area contributed by atoms with E-state index in [1.165, 1.54) is 0 Å². The van der Waals surface area contributed by atoms with Gasteiger partial charge in [-0.05, 0) is 30.5 Å². The normalized spacial score (nSPS) is 14.4. The molecule has 96 valence electrons. The monoisotopic (exact) mass is 238 g/mol. The maximum atomic E-state index is 10.1. The fourth-order valence-corrected chi connectivity index (χ4v) is 1.71. The zero-order valence-electron chi connectivity index (χ0n) is 10.8. The first kappa shape index (κ1) is 14.0. The van der Waals surface area contributed by atoms with Gasteiger partial charge >= 0.3 is 0 Å². The molecule has 0 aromatic heterocycles. The minimum Gasteiger partial charge on any atom is -0.494 e. The summed E-state index contributed by atoms with van der Waals surface area (Å²) in [5.74, 6) is 0.841. The van der Waals surface area contributed by atoms with Gasteiger partial charge in [-0.25, -0.2) is 0 Å². The molecule has 3 nitrogen and oxygen atoms in total. The van der Waals surface area contributed by atoms with Crippen LogP contribution < -0.4 is 4.74 Å². The van der Waals surface area contributed by atoms with E-state index in [9.17, 15) is 5.11 Å². The summed E-state index contributed by atoms with van der Waals surface area (Å²) in [6, 6.07) is 7.54. The first-order chi connectivity index (χ1) is 8.22. The van der Waals surface area contributed by atoms with Crippen molar-refractivity contribution in [2.24, 2.45) is 0 Å². The summed E-state index contributed by atoms with van der Waals surface area (Å²) in [5.41, 5.74) is 0.863. The molecule has 1 aromatic rings. The minimum absolute atomic E-state index is 0.155. The second-order valence-electron chi connectivity index (χ2n) is 4.04. The van der Waals surface area contributed by atoms with Gasteiger partial charge in [-0.1, -0.05) is 26.0 Å². The summed E-state index contributed by atoms with van der Waals surface area (Å²) in [4.78, 5) is 0. The molecular weight excluding hydrogens is 216 g/mol. The Balaban J connectivity index is 2.66. The van der Waals surface area contributed by atoms with Crippen molar-refractivity contribution in [3.05, 3.63) is 29.8 Å². The van der Waals surface area contributed by atoms with Crippen LogP contribution in [-0.4, -0.2) is 24.9 Å². The van der Waals surface area contributed by atoms with Gasteiger partial charge in [0.25, 0.3) is 0 Å². The van der Waals surface area contributed by atoms with E-state index in [1.54, 1.807) is 7.11 Å². The lowest BCUT2D eigenvalue weighted by atomic mass is 10.0. The highest BCUT2D eigenvalue weighted by Gasteiger charge is 2.18. The molecule has 0 radical (unpaired) electrons. The first-order valence-electron chi connectivity index (χ1n) is 6.16. The average molecular weight is 238 g/mol. The van der Waals surface area contributed by atoms with E-state index >= 15 is 0 Å². The maximum absolute atomic E-state index is 10.1. The number of rotatable bonds is 7. The van der Waals surface area contributed by atoms with E-state index in [0.717, 1.165) is 30.8 Å². The Bertz CT molecular complexity index is 304. The van der Waals surface area contributed by atoms with Crippen LogP contribution in [-0.2, 0) is 4.74 Å². The minimum atomic E-state index is -0.578. The summed E-state index contributed by atoms with van der Waals surface area (Å²) >= 11 is 0. The maximum Gasteiger partial charge on any atom is 0.119 e. The number of hydrogen-bond donors (Lipinski definition) is 1. The van der Waals surface area contributed by atoms with Gasteiger partial charge in [-0.2, -0.15) is 0 Å². The molecule has 0 bridgehead atoms. The number of hydrogen-bond acceptors (Lipinski definition) is 3. The highest BCUT2D eigenvalue weighted by molar-refractivity contribution is 5.29. The van der Waals surface area contributed by atoms with Gasteiger partial charge in [-0.15, -0.1) is 0 Å². The third kappa shape index (κ3) is 4.02. The van der Waals surface area contributed by atoms with Crippen molar-refractivity contribution in [3.8, 4) is 5.75 Å². The van der Waals surface area contributed by atoms with Crippen molar-refractivity contribution >= 4 is 0 Å². The van der Waals surface area contributed by atoms with Crippen LogP contribution in [0.2, 0.25) is 0 Å². The smallest absolute Gasteiger partial charge is 0.119 e. The molecule has 0 aliphatic heterocycles. The van der Waals surface area contributed by atoms with Crippen molar-refractivity contribution in [2.75, 3.05) is 13.7 Å². The van der Waals surface area contributed by atoms with Crippen LogP contribution in [0.5, 0.6) is 5.75 Å². The van der Waals surface area contributed by atoms with Gasteiger partial charge in [0.1, 0.15) is 11.9 Å². The average Bonchev–Trinajstić information content (AvgIpc) is 2.38. The molecule has 3 heteroatoms. The molecule has 0 saturated heterocycles. The lowest BCUT2D eigenvalue weighted by Crippen LogP contribution is -2.19. The quantitative estimate of drug-likeness (QED) is 0.793. The standard InChI is InChI=1S/C14H22O3/c1-4-10-17-12-8-6-11(7-9-12)14(15)13(5-2)16-3/h6-9,13-15H,4-5,10H2,1-3H3. The molecular formula is C14H22O3. The SMILES string of the molecule is CCCOc1ccc(C(O)C(CC)OC)cc1. The second kappa shape index (κ2) is 7.30. The molecule has 0 saturated carbocycles. The lowest BCUT2D eigenvalue weighted by Gasteiger charge is -2.20. The van der Waals surface area contributed by atoms with Crippen LogP contribution in [0.4, 0.5) is 0 Å². The Morgan fingerprint density at radius 1 is 1.18 bits per heavy atom. The van der Waals surface area contributed by atoms with Crippen LogP contribution in [0.15, 0.2) is 24.3 Å². The van der Waals surface area contributed by atoms with Crippen LogP contribution in [0.25, 0.3) is 0 Å². The molecule has 0 aliphatic carbocycles. The Morgan fingerprint density at radius 3 is 2.29 bits per heavy atom. The zero-order chi connectivity index (χ0) is 12.7.